The third kappa shape index (κ3) is 4.31. The average Bonchev–Trinajstić information content (AvgIpc) is 2.36. The van der Waals surface area contributed by atoms with E-state index in [1.54, 1.807) is 17.8 Å². The van der Waals surface area contributed by atoms with Crippen molar-refractivity contribution in [3.63, 3.8) is 0 Å². The summed E-state index contributed by atoms with van der Waals surface area (Å²) in [5.41, 5.74) is 0.768. The summed E-state index contributed by atoms with van der Waals surface area (Å²) in [7, 11) is 1.22. The number of esters is 1. The Kier molecular flexibility index (Phi) is 6.15. The number of rotatable bonds is 6. The summed E-state index contributed by atoms with van der Waals surface area (Å²) in [6.07, 6.45) is 0.716. The first kappa shape index (κ1) is 15.0. The van der Waals surface area contributed by atoms with Crippen LogP contribution in [0.1, 0.15) is 29.3 Å². The van der Waals surface area contributed by atoms with Crippen LogP contribution in [0.5, 0.6) is 0 Å². The molecule has 0 saturated carbocycles. The number of carbonyl (C=O) groups excluding carboxylic acids is 1. The molecule has 0 aliphatic carbocycles. The van der Waals surface area contributed by atoms with E-state index in [4.69, 9.17) is 5.11 Å². The Morgan fingerprint density at radius 3 is 2.83 bits per heavy atom. The van der Waals surface area contributed by atoms with Crippen molar-refractivity contribution in [3.8, 4) is 0 Å². The van der Waals surface area contributed by atoms with Crippen LogP contribution < -0.4 is 0 Å². The van der Waals surface area contributed by atoms with Gasteiger partial charge in [-0.3, -0.25) is 0 Å². The van der Waals surface area contributed by atoms with E-state index < -0.39 is 11.8 Å². The number of benzene rings is 1. The van der Waals surface area contributed by atoms with Crippen molar-refractivity contribution in [2.24, 2.45) is 0 Å². The second-order valence-electron chi connectivity index (χ2n) is 3.94. The molecule has 5 heteroatoms. The summed E-state index contributed by atoms with van der Waals surface area (Å²) >= 11 is 1.64. The molecule has 1 atom stereocenters. The van der Waals surface area contributed by atoms with Crippen molar-refractivity contribution in [2.75, 3.05) is 13.7 Å². The van der Waals surface area contributed by atoms with Gasteiger partial charge in [0.2, 0.25) is 0 Å². The molecule has 0 aliphatic heterocycles. The molecule has 1 aromatic rings. The zero-order valence-corrected chi connectivity index (χ0v) is 11.3. The van der Waals surface area contributed by atoms with Gasteiger partial charge in [-0.05, 0) is 24.1 Å². The molecule has 0 amide bonds. The standard InChI is InChI=1S/C13H17FO3S/c1-9(5-6-15)18-8-10-3-4-11(12(14)7-10)13(16)17-2/h3-4,7,9,15H,5-6,8H2,1-2H3. The Hall–Kier alpha value is -1.07. The maximum atomic E-state index is 13.6. The SMILES string of the molecule is COC(=O)c1ccc(CSC(C)CCO)cc1F. The third-order valence-corrected chi connectivity index (χ3v) is 3.81. The molecular formula is C13H17FO3S. The highest BCUT2D eigenvalue weighted by molar-refractivity contribution is 7.99. The number of thioether (sulfide) groups is 1. The number of aliphatic hydroxyl groups excluding tert-OH is 1. The van der Waals surface area contributed by atoms with E-state index in [0.29, 0.717) is 17.4 Å². The van der Waals surface area contributed by atoms with Crippen molar-refractivity contribution >= 4 is 17.7 Å². The van der Waals surface area contributed by atoms with Gasteiger partial charge in [-0.2, -0.15) is 11.8 Å². The summed E-state index contributed by atoms with van der Waals surface area (Å²) in [5.74, 6) is -0.574. The summed E-state index contributed by atoms with van der Waals surface area (Å²) in [6.45, 7) is 2.17. The normalized spacial score (nSPS) is 12.2. The zero-order valence-electron chi connectivity index (χ0n) is 10.5. The smallest absolute Gasteiger partial charge is 0.340 e. The van der Waals surface area contributed by atoms with Crippen LogP contribution in [0.4, 0.5) is 4.39 Å². The van der Waals surface area contributed by atoms with Crippen LogP contribution in [0.2, 0.25) is 0 Å². The highest BCUT2D eigenvalue weighted by Crippen LogP contribution is 2.21. The molecule has 1 unspecified atom stereocenters. The van der Waals surface area contributed by atoms with Gasteiger partial charge in [0.05, 0.1) is 12.7 Å². The molecule has 100 valence electrons. The quantitative estimate of drug-likeness (QED) is 0.809. The number of halogens is 1. The average molecular weight is 272 g/mol. The minimum absolute atomic E-state index is 0.0466. The lowest BCUT2D eigenvalue weighted by Gasteiger charge is -2.10. The van der Waals surface area contributed by atoms with Gasteiger partial charge in [0.25, 0.3) is 0 Å². The molecule has 0 saturated heterocycles. The molecule has 0 radical (unpaired) electrons. The van der Waals surface area contributed by atoms with Gasteiger partial charge in [-0.1, -0.05) is 13.0 Å². The third-order valence-electron chi connectivity index (χ3n) is 2.51. The number of hydrogen-bond donors (Lipinski definition) is 1. The van der Waals surface area contributed by atoms with Crippen LogP contribution in [-0.2, 0) is 10.5 Å². The van der Waals surface area contributed by atoms with Gasteiger partial charge in [0.15, 0.2) is 0 Å². The second-order valence-corrected chi connectivity index (χ2v) is 5.37. The van der Waals surface area contributed by atoms with Crippen LogP contribution in [-0.4, -0.2) is 30.0 Å². The Balaban J connectivity index is 2.64. The number of ether oxygens (including phenoxy) is 1. The monoisotopic (exact) mass is 272 g/mol. The van der Waals surface area contributed by atoms with Crippen LogP contribution in [0.15, 0.2) is 18.2 Å². The summed E-state index contributed by atoms with van der Waals surface area (Å²) < 4.78 is 18.1. The predicted octanol–water partition coefficient (Wildman–Crippen LogP) is 2.62. The fourth-order valence-corrected chi connectivity index (χ4v) is 2.36. The lowest BCUT2D eigenvalue weighted by atomic mass is 10.1. The molecule has 3 nitrogen and oxygen atoms in total. The van der Waals surface area contributed by atoms with Crippen LogP contribution in [0.3, 0.4) is 0 Å². The molecule has 18 heavy (non-hydrogen) atoms. The largest absolute Gasteiger partial charge is 0.465 e. The summed E-state index contributed by atoms with van der Waals surface area (Å²) in [5, 5.41) is 9.10. The van der Waals surface area contributed by atoms with Crippen LogP contribution >= 0.6 is 11.8 Å². The number of carbonyl (C=O) groups is 1. The van der Waals surface area contributed by atoms with E-state index in [1.807, 2.05) is 6.92 Å². The Bertz CT molecular complexity index is 409. The molecule has 0 bridgehead atoms. The molecule has 0 fully saturated rings. The molecule has 0 heterocycles. The second kappa shape index (κ2) is 7.38. The van der Waals surface area contributed by atoms with E-state index in [2.05, 4.69) is 4.74 Å². The van der Waals surface area contributed by atoms with E-state index in [0.717, 1.165) is 5.56 Å². The first-order valence-electron chi connectivity index (χ1n) is 5.67. The molecule has 1 aromatic carbocycles. The zero-order chi connectivity index (χ0) is 13.5. The number of hydrogen-bond acceptors (Lipinski definition) is 4. The van der Waals surface area contributed by atoms with Gasteiger partial charge >= 0.3 is 5.97 Å². The van der Waals surface area contributed by atoms with Gasteiger partial charge in [0, 0.05) is 17.6 Å². The van der Waals surface area contributed by atoms with Crippen molar-refractivity contribution in [1.29, 1.82) is 0 Å². The van der Waals surface area contributed by atoms with E-state index in [-0.39, 0.29) is 12.2 Å². The van der Waals surface area contributed by atoms with Crippen molar-refractivity contribution in [3.05, 3.63) is 35.1 Å². The molecule has 1 rings (SSSR count). The van der Waals surface area contributed by atoms with Crippen molar-refractivity contribution in [1.82, 2.24) is 0 Å². The fourth-order valence-electron chi connectivity index (χ4n) is 1.43. The lowest BCUT2D eigenvalue weighted by Crippen LogP contribution is -2.05. The van der Waals surface area contributed by atoms with Crippen molar-refractivity contribution < 1.29 is 19.0 Å². The highest BCUT2D eigenvalue weighted by atomic mass is 32.2. The maximum Gasteiger partial charge on any atom is 0.340 e. The summed E-state index contributed by atoms with van der Waals surface area (Å²) in [6, 6.07) is 4.51. The van der Waals surface area contributed by atoms with E-state index in [1.165, 1.54) is 19.2 Å². The molecule has 0 spiro atoms. The fraction of sp³-hybridized carbons (Fsp3) is 0.462. The number of aliphatic hydroxyl groups is 1. The molecule has 0 aliphatic rings. The first-order valence-corrected chi connectivity index (χ1v) is 6.72. The molecular weight excluding hydrogens is 255 g/mol. The Morgan fingerprint density at radius 1 is 1.56 bits per heavy atom. The number of methoxy groups -OCH3 is 1. The first-order chi connectivity index (χ1) is 8.58. The maximum absolute atomic E-state index is 13.6. The topological polar surface area (TPSA) is 46.5 Å². The Labute approximate surface area is 110 Å². The van der Waals surface area contributed by atoms with E-state index in [9.17, 15) is 9.18 Å². The predicted molar refractivity (Wildman–Crippen MR) is 70.2 cm³/mol. The van der Waals surface area contributed by atoms with Crippen molar-refractivity contribution in [2.45, 2.75) is 24.3 Å². The summed E-state index contributed by atoms with van der Waals surface area (Å²) in [4.78, 5) is 11.2. The minimum Gasteiger partial charge on any atom is -0.465 e. The molecule has 1 N–H and O–H groups in total. The molecule has 0 aromatic heterocycles. The highest BCUT2D eigenvalue weighted by Gasteiger charge is 2.12. The van der Waals surface area contributed by atoms with Gasteiger partial charge in [0.1, 0.15) is 5.82 Å². The van der Waals surface area contributed by atoms with Crippen LogP contribution in [0, 0.1) is 5.82 Å². The van der Waals surface area contributed by atoms with Crippen LogP contribution in [0.25, 0.3) is 0 Å². The lowest BCUT2D eigenvalue weighted by molar-refractivity contribution is 0.0595. The van der Waals surface area contributed by atoms with E-state index >= 15 is 0 Å². The minimum atomic E-state index is -0.666. The van der Waals surface area contributed by atoms with Gasteiger partial charge in [-0.25, -0.2) is 9.18 Å². The van der Waals surface area contributed by atoms with Gasteiger partial charge < -0.3 is 9.84 Å². The Morgan fingerprint density at radius 2 is 2.28 bits per heavy atom. The van der Waals surface area contributed by atoms with Gasteiger partial charge in [-0.15, -0.1) is 0 Å².